The van der Waals surface area contributed by atoms with Gasteiger partial charge in [0.15, 0.2) is 0 Å². The molecule has 2 aromatic heterocycles. The van der Waals surface area contributed by atoms with E-state index >= 15 is 0 Å². The summed E-state index contributed by atoms with van der Waals surface area (Å²) >= 11 is 0. The van der Waals surface area contributed by atoms with Crippen molar-refractivity contribution in [1.29, 1.82) is 0 Å². The number of aromatic nitrogens is 2. The molecule has 1 saturated heterocycles. The number of ether oxygens (including phenoxy) is 1. The molecule has 1 atom stereocenters. The number of rotatable bonds is 6. The number of hydrogen-bond acceptors (Lipinski definition) is 5. The Labute approximate surface area is 200 Å². The molecular formula is C27H22FN3O4. The number of aliphatic hydroxyl groups is 1. The van der Waals surface area contributed by atoms with Crippen LogP contribution in [0, 0.1) is 5.82 Å². The second-order valence-electron chi connectivity index (χ2n) is 8.23. The molecule has 1 aliphatic rings. The number of likely N-dealkylation sites (tertiary alicyclic amines) is 1. The molecule has 1 amide bonds. The number of benzene rings is 2. The van der Waals surface area contributed by atoms with Gasteiger partial charge in [-0.15, -0.1) is 0 Å². The molecule has 1 aliphatic heterocycles. The highest BCUT2D eigenvalue weighted by Gasteiger charge is 2.46. The van der Waals surface area contributed by atoms with Crippen LogP contribution in [0.4, 0.5) is 4.39 Å². The third-order valence-electron chi connectivity index (χ3n) is 6.22. The lowest BCUT2D eigenvalue weighted by molar-refractivity contribution is -0.139. The predicted octanol–water partition coefficient (Wildman–Crippen LogP) is 4.38. The van der Waals surface area contributed by atoms with Gasteiger partial charge >= 0.3 is 0 Å². The molecule has 0 radical (unpaired) electrons. The third-order valence-corrected chi connectivity index (χ3v) is 6.22. The van der Waals surface area contributed by atoms with Gasteiger partial charge in [0.05, 0.1) is 18.4 Å². The molecular weight excluding hydrogens is 449 g/mol. The van der Waals surface area contributed by atoms with Crippen LogP contribution in [0.3, 0.4) is 0 Å². The Morgan fingerprint density at radius 1 is 1.14 bits per heavy atom. The molecule has 3 heterocycles. The molecule has 5 rings (SSSR count). The molecule has 0 bridgehead atoms. The number of methoxy groups -OCH3 is 1. The average molecular weight is 471 g/mol. The van der Waals surface area contributed by atoms with Crippen molar-refractivity contribution >= 4 is 28.4 Å². The average Bonchev–Trinajstić information content (AvgIpc) is 3.40. The standard InChI is InChI=1S/C27H22FN3O4/c1-35-19-9-10-21-20(14-19)17(15-30-21)11-13-31-24(22-4-2-3-12-29-22)23(26(33)27(31)34)25(32)16-5-7-18(28)8-6-16/h2-10,12,14-15,24,30,32H,11,13H2,1H3/t24-/m0/s1. The third kappa shape index (κ3) is 4.03. The summed E-state index contributed by atoms with van der Waals surface area (Å²) in [6.45, 7) is 0.218. The van der Waals surface area contributed by atoms with Crippen LogP contribution in [-0.4, -0.2) is 45.3 Å². The number of nitrogens with one attached hydrogen (secondary N) is 1. The number of ketones is 1. The molecule has 0 spiro atoms. The minimum absolute atomic E-state index is 0.0686. The summed E-state index contributed by atoms with van der Waals surface area (Å²) < 4.78 is 18.7. The molecule has 35 heavy (non-hydrogen) atoms. The summed E-state index contributed by atoms with van der Waals surface area (Å²) in [6, 6.07) is 15.1. The smallest absolute Gasteiger partial charge is 0.295 e. The fraction of sp³-hybridized carbons (Fsp3) is 0.148. The van der Waals surface area contributed by atoms with Crippen molar-refractivity contribution in [3.05, 3.63) is 101 Å². The molecule has 0 unspecified atom stereocenters. The van der Waals surface area contributed by atoms with E-state index in [2.05, 4.69) is 9.97 Å². The number of hydrogen-bond donors (Lipinski definition) is 2. The van der Waals surface area contributed by atoms with E-state index in [9.17, 15) is 19.1 Å². The molecule has 2 N–H and O–H groups in total. The molecule has 2 aromatic carbocycles. The van der Waals surface area contributed by atoms with Gasteiger partial charge in [0, 0.05) is 35.4 Å². The zero-order chi connectivity index (χ0) is 24.5. The van der Waals surface area contributed by atoms with Crippen molar-refractivity contribution in [2.45, 2.75) is 12.5 Å². The van der Waals surface area contributed by atoms with Crippen LogP contribution in [-0.2, 0) is 16.0 Å². The molecule has 1 fully saturated rings. The Kier molecular flexibility index (Phi) is 5.78. The first-order chi connectivity index (χ1) is 17.0. The summed E-state index contributed by atoms with van der Waals surface area (Å²) in [4.78, 5) is 35.2. The summed E-state index contributed by atoms with van der Waals surface area (Å²) in [7, 11) is 1.60. The number of fused-ring (bicyclic) bond motifs is 1. The second-order valence-corrected chi connectivity index (χ2v) is 8.23. The van der Waals surface area contributed by atoms with E-state index in [0.29, 0.717) is 17.9 Å². The monoisotopic (exact) mass is 471 g/mol. The highest BCUT2D eigenvalue weighted by Crippen LogP contribution is 2.39. The second kappa shape index (κ2) is 9.06. The minimum atomic E-state index is -0.874. The number of pyridine rings is 1. The van der Waals surface area contributed by atoms with E-state index in [1.165, 1.54) is 29.2 Å². The van der Waals surface area contributed by atoms with E-state index in [1.54, 1.807) is 31.5 Å². The van der Waals surface area contributed by atoms with Gasteiger partial charge in [0.2, 0.25) is 0 Å². The predicted molar refractivity (Wildman–Crippen MR) is 128 cm³/mol. The van der Waals surface area contributed by atoms with Gasteiger partial charge in [-0.3, -0.25) is 14.6 Å². The topological polar surface area (TPSA) is 95.5 Å². The fourth-order valence-electron chi connectivity index (χ4n) is 4.45. The Morgan fingerprint density at radius 2 is 1.94 bits per heavy atom. The van der Waals surface area contributed by atoms with Gasteiger partial charge in [-0.2, -0.15) is 0 Å². The van der Waals surface area contributed by atoms with E-state index in [-0.39, 0.29) is 23.4 Å². The summed E-state index contributed by atoms with van der Waals surface area (Å²) in [5.74, 6) is -1.65. The number of nitrogens with zero attached hydrogens (tertiary/aromatic N) is 2. The summed E-state index contributed by atoms with van der Waals surface area (Å²) in [6.07, 6.45) is 3.90. The van der Waals surface area contributed by atoms with E-state index in [1.807, 2.05) is 24.4 Å². The zero-order valence-electron chi connectivity index (χ0n) is 18.9. The van der Waals surface area contributed by atoms with Gasteiger partial charge < -0.3 is 19.7 Å². The number of halogens is 1. The maximum absolute atomic E-state index is 13.4. The van der Waals surface area contributed by atoms with Crippen molar-refractivity contribution < 1.29 is 23.8 Å². The molecule has 176 valence electrons. The van der Waals surface area contributed by atoms with Gasteiger partial charge in [0.25, 0.3) is 11.7 Å². The van der Waals surface area contributed by atoms with Crippen molar-refractivity contribution in [3.8, 4) is 5.75 Å². The van der Waals surface area contributed by atoms with Crippen LogP contribution in [0.1, 0.15) is 22.9 Å². The Morgan fingerprint density at radius 3 is 2.66 bits per heavy atom. The maximum Gasteiger partial charge on any atom is 0.295 e. The SMILES string of the molecule is COc1ccc2[nH]cc(CCN3C(=O)C(=O)C(=C(O)c4ccc(F)cc4)[C@@H]3c3ccccn3)c2c1. The number of aromatic amines is 1. The quantitative estimate of drug-likeness (QED) is 0.247. The number of amides is 1. The summed E-state index contributed by atoms with van der Waals surface area (Å²) in [5, 5.41) is 12.0. The van der Waals surface area contributed by atoms with Crippen LogP contribution >= 0.6 is 0 Å². The van der Waals surface area contributed by atoms with Crippen LogP contribution in [0.5, 0.6) is 5.75 Å². The first-order valence-electron chi connectivity index (χ1n) is 11.1. The summed E-state index contributed by atoms with van der Waals surface area (Å²) in [5.41, 5.74) is 2.52. The first kappa shape index (κ1) is 22.3. The molecule has 4 aromatic rings. The van der Waals surface area contributed by atoms with Crippen LogP contribution in [0.15, 0.2) is 78.6 Å². The normalized spacial score (nSPS) is 17.3. The van der Waals surface area contributed by atoms with Crippen LogP contribution in [0.25, 0.3) is 16.7 Å². The molecule has 0 aliphatic carbocycles. The number of carbonyl (C=O) groups excluding carboxylic acids is 2. The lowest BCUT2D eigenvalue weighted by Gasteiger charge is -2.24. The van der Waals surface area contributed by atoms with Crippen molar-refractivity contribution in [1.82, 2.24) is 14.9 Å². The van der Waals surface area contributed by atoms with Gasteiger partial charge in [0.1, 0.15) is 23.4 Å². The largest absolute Gasteiger partial charge is 0.507 e. The Hall–Kier alpha value is -4.46. The van der Waals surface area contributed by atoms with Gasteiger partial charge in [-0.1, -0.05) is 6.07 Å². The van der Waals surface area contributed by atoms with Crippen LogP contribution in [0.2, 0.25) is 0 Å². The number of aliphatic hydroxyl groups excluding tert-OH is 1. The molecule has 0 saturated carbocycles. The zero-order valence-corrected chi connectivity index (χ0v) is 18.9. The minimum Gasteiger partial charge on any atom is -0.507 e. The number of H-pyrrole nitrogens is 1. The van der Waals surface area contributed by atoms with E-state index in [4.69, 9.17) is 4.74 Å². The Balaban J connectivity index is 1.54. The maximum atomic E-state index is 13.4. The number of carbonyl (C=O) groups is 2. The van der Waals surface area contributed by atoms with Crippen molar-refractivity contribution in [3.63, 3.8) is 0 Å². The lowest BCUT2D eigenvalue weighted by Crippen LogP contribution is -2.32. The van der Waals surface area contributed by atoms with Gasteiger partial charge in [-0.05, 0) is 66.6 Å². The van der Waals surface area contributed by atoms with Gasteiger partial charge in [-0.25, -0.2) is 4.39 Å². The van der Waals surface area contributed by atoms with Crippen molar-refractivity contribution in [2.24, 2.45) is 0 Å². The molecule has 7 nitrogen and oxygen atoms in total. The molecule has 8 heteroatoms. The van der Waals surface area contributed by atoms with E-state index in [0.717, 1.165) is 16.5 Å². The highest BCUT2D eigenvalue weighted by atomic mass is 19.1. The van der Waals surface area contributed by atoms with Crippen LogP contribution < -0.4 is 4.74 Å². The number of Topliss-reactive ketones (excluding diaryl/α,β-unsaturated/α-hetero) is 1. The van der Waals surface area contributed by atoms with Crippen molar-refractivity contribution in [2.75, 3.05) is 13.7 Å². The van der Waals surface area contributed by atoms with E-state index < -0.39 is 23.5 Å². The first-order valence-corrected chi connectivity index (χ1v) is 11.1. The highest BCUT2D eigenvalue weighted by molar-refractivity contribution is 6.46. The Bertz CT molecular complexity index is 1440. The lowest BCUT2D eigenvalue weighted by atomic mass is 9.98. The fourth-order valence-corrected chi connectivity index (χ4v) is 4.45.